The van der Waals surface area contributed by atoms with Crippen LogP contribution in [-0.2, 0) is 4.79 Å². The second-order valence-electron chi connectivity index (χ2n) is 3.64. The number of primary amides is 1. The number of carbonyl (C=O) groups is 1. The maximum atomic E-state index is 12.9. The smallest absolute Gasteiger partial charge is 0.217 e. The highest BCUT2D eigenvalue weighted by Gasteiger charge is 2.09. The predicted octanol–water partition coefficient (Wildman–Crippen LogP) is 1.62. The summed E-state index contributed by atoms with van der Waals surface area (Å²) in [7, 11) is 0. The van der Waals surface area contributed by atoms with Gasteiger partial charge in [-0.3, -0.25) is 4.79 Å². The molecule has 0 aliphatic rings. The molecule has 0 saturated carbocycles. The lowest BCUT2D eigenvalue weighted by Crippen LogP contribution is -2.14. The first-order valence-electron chi connectivity index (χ1n) is 4.99. The van der Waals surface area contributed by atoms with Crippen molar-refractivity contribution in [1.29, 1.82) is 0 Å². The van der Waals surface area contributed by atoms with Crippen LogP contribution in [0.4, 0.5) is 8.78 Å². The Morgan fingerprint density at radius 2 is 2.00 bits per heavy atom. The van der Waals surface area contributed by atoms with Gasteiger partial charge in [0.2, 0.25) is 5.91 Å². The number of benzene rings is 1. The van der Waals surface area contributed by atoms with Crippen LogP contribution in [0.15, 0.2) is 18.2 Å². The highest BCUT2D eigenvalue weighted by molar-refractivity contribution is 5.73. The van der Waals surface area contributed by atoms with E-state index in [1.54, 1.807) is 0 Å². The first kappa shape index (κ1) is 12.6. The van der Waals surface area contributed by atoms with Crippen molar-refractivity contribution >= 4 is 5.91 Å². The number of hydrogen-bond donors (Lipinski definition) is 2. The average Bonchev–Trinajstić information content (AvgIpc) is 2.21. The van der Waals surface area contributed by atoms with Crippen LogP contribution >= 0.6 is 0 Å². The SMILES string of the molecule is NC(=O)CCCC(N)c1ccc(F)c(F)c1. The standard InChI is InChI=1S/C11H14F2N2O/c12-8-5-4-7(6-9(8)13)10(14)2-1-3-11(15)16/h4-6,10H,1-3,14H2,(H2,15,16). The van der Waals surface area contributed by atoms with Gasteiger partial charge < -0.3 is 11.5 Å². The molecular formula is C11H14F2N2O. The Hall–Kier alpha value is -1.49. The van der Waals surface area contributed by atoms with Crippen LogP contribution in [0.2, 0.25) is 0 Å². The van der Waals surface area contributed by atoms with E-state index in [9.17, 15) is 13.6 Å². The molecule has 0 heterocycles. The summed E-state index contributed by atoms with van der Waals surface area (Å²) in [5, 5.41) is 0. The van der Waals surface area contributed by atoms with E-state index in [-0.39, 0.29) is 6.42 Å². The van der Waals surface area contributed by atoms with Crippen LogP contribution < -0.4 is 11.5 Å². The van der Waals surface area contributed by atoms with Crippen molar-refractivity contribution in [3.63, 3.8) is 0 Å². The first-order valence-corrected chi connectivity index (χ1v) is 4.99. The molecule has 4 N–H and O–H groups in total. The summed E-state index contributed by atoms with van der Waals surface area (Å²) in [5.74, 6) is -2.20. The molecule has 88 valence electrons. The van der Waals surface area contributed by atoms with E-state index in [4.69, 9.17) is 11.5 Å². The fourth-order valence-corrected chi connectivity index (χ4v) is 1.41. The lowest BCUT2D eigenvalue weighted by Gasteiger charge is -2.11. The Kier molecular flexibility index (Phi) is 4.37. The van der Waals surface area contributed by atoms with Crippen LogP contribution in [0.3, 0.4) is 0 Å². The lowest BCUT2D eigenvalue weighted by molar-refractivity contribution is -0.118. The minimum absolute atomic E-state index is 0.247. The van der Waals surface area contributed by atoms with Crippen molar-refractivity contribution in [3.8, 4) is 0 Å². The zero-order valence-electron chi connectivity index (χ0n) is 8.75. The Balaban J connectivity index is 2.55. The van der Waals surface area contributed by atoms with Crippen molar-refractivity contribution < 1.29 is 13.6 Å². The molecule has 0 saturated heterocycles. The van der Waals surface area contributed by atoms with Crippen LogP contribution in [0.25, 0.3) is 0 Å². The lowest BCUT2D eigenvalue weighted by atomic mass is 10.0. The fraction of sp³-hybridized carbons (Fsp3) is 0.364. The highest BCUT2D eigenvalue weighted by atomic mass is 19.2. The fourth-order valence-electron chi connectivity index (χ4n) is 1.41. The van der Waals surface area contributed by atoms with Gasteiger partial charge in [0.05, 0.1) is 0 Å². The Morgan fingerprint density at radius 1 is 1.31 bits per heavy atom. The summed E-state index contributed by atoms with van der Waals surface area (Å²) in [6, 6.07) is 3.14. The summed E-state index contributed by atoms with van der Waals surface area (Å²) >= 11 is 0. The molecule has 1 rings (SSSR count). The number of halogens is 2. The zero-order valence-corrected chi connectivity index (χ0v) is 8.75. The van der Waals surface area contributed by atoms with Crippen molar-refractivity contribution in [2.75, 3.05) is 0 Å². The van der Waals surface area contributed by atoms with E-state index in [0.29, 0.717) is 18.4 Å². The van der Waals surface area contributed by atoms with E-state index in [1.165, 1.54) is 6.07 Å². The Labute approximate surface area is 92.4 Å². The normalized spacial score (nSPS) is 12.4. The number of carbonyl (C=O) groups excluding carboxylic acids is 1. The summed E-state index contributed by atoms with van der Waals surface area (Å²) in [4.78, 5) is 10.5. The second-order valence-corrected chi connectivity index (χ2v) is 3.64. The summed E-state index contributed by atoms with van der Waals surface area (Å²) in [6.45, 7) is 0. The van der Waals surface area contributed by atoms with Gasteiger partial charge in [-0.2, -0.15) is 0 Å². The number of nitrogens with two attached hydrogens (primary N) is 2. The summed E-state index contributed by atoms with van der Waals surface area (Å²) in [6.07, 6.45) is 1.29. The van der Waals surface area contributed by atoms with Gasteiger partial charge in [0.1, 0.15) is 0 Å². The Morgan fingerprint density at radius 3 is 2.56 bits per heavy atom. The quantitative estimate of drug-likeness (QED) is 0.804. The third-order valence-electron chi connectivity index (χ3n) is 2.31. The van der Waals surface area contributed by atoms with E-state index >= 15 is 0 Å². The maximum absolute atomic E-state index is 12.9. The van der Waals surface area contributed by atoms with Crippen molar-refractivity contribution in [2.45, 2.75) is 25.3 Å². The van der Waals surface area contributed by atoms with Gasteiger partial charge >= 0.3 is 0 Å². The van der Waals surface area contributed by atoms with Gasteiger partial charge in [-0.25, -0.2) is 8.78 Å². The molecule has 0 bridgehead atoms. The van der Waals surface area contributed by atoms with E-state index in [0.717, 1.165) is 12.1 Å². The molecule has 1 amide bonds. The van der Waals surface area contributed by atoms with Gasteiger partial charge in [-0.15, -0.1) is 0 Å². The molecule has 0 aromatic heterocycles. The molecule has 1 atom stereocenters. The van der Waals surface area contributed by atoms with E-state index in [2.05, 4.69) is 0 Å². The van der Waals surface area contributed by atoms with Crippen molar-refractivity contribution in [3.05, 3.63) is 35.4 Å². The molecule has 1 aromatic rings. The number of hydrogen-bond acceptors (Lipinski definition) is 2. The molecule has 1 aromatic carbocycles. The van der Waals surface area contributed by atoms with Gasteiger partial charge in [0.15, 0.2) is 11.6 Å². The summed E-state index contributed by atoms with van der Waals surface area (Å²) in [5.41, 5.74) is 11.2. The maximum Gasteiger partial charge on any atom is 0.217 e. The van der Waals surface area contributed by atoms with Gasteiger partial charge in [0, 0.05) is 12.5 Å². The largest absolute Gasteiger partial charge is 0.370 e. The first-order chi connectivity index (χ1) is 7.50. The van der Waals surface area contributed by atoms with Crippen LogP contribution in [0.1, 0.15) is 30.9 Å². The van der Waals surface area contributed by atoms with Crippen LogP contribution in [-0.4, -0.2) is 5.91 Å². The molecule has 0 aliphatic carbocycles. The molecule has 0 radical (unpaired) electrons. The molecule has 0 fully saturated rings. The molecule has 0 aliphatic heterocycles. The monoisotopic (exact) mass is 228 g/mol. The summed E-state index contributed by atoms with van der Waals surface area (Å²) < 4.78 is 25.5. The van der Waals surface area contributed by atoms with E-state index < -0.39 is 23.6 Å². The zero-order chi connectivity index (χ0) is 12.1. The van der Waals surface area contributed by atoms with Crippen molar-refractivity contribution in [1.82, 2.24) is 0 Å². The molecule has 0 spiro atoms. The van der Waals surface area contributed by atoms with Gasteiger partial charge in [0.25, 0.3) is 0 Å². The molecule has 16 heavy (non-hydrogen) atoms. The highest BCUT2D eigenvalue weighted by Crippen LogP contribution is 2.18. The minimum Gasteiger partial charge on any atom is -0.370 e. The van der Waals surface area contributed by atoms with Gasteiger partial charge in [-0.1, -0.05) is 6.07 Å². The molecule has 5 heteroatoms. The average molecular weight is 228 g/mol. The topological polar surface area (TPSA) is 69.1 Å². The van der Waals surface area contributed by atoms with Crippen LogP contribution in [0, 0.1) is 11.6 Å². The number of amides is 1. The van der Waals surface area contributed by atoms with E-state index in [1.807, 2.05) is 0 Å². The predicted molar refractivity (Wildman–Crippen MR) is 56.3 cm³/mol. The van der Waals surface area contributed by atoms with Crippen molar-refractivity contribution in [2.24, 2.45) is 11.5 Å². The van der Waals surface area contributed by atoms with Gasteiger partial charge in [-0.05, 0) is 30.5 Å². The number of rotatable bonds is 5. The second kappa shape index (κ2) is 5.55. The van der Waals surface area contributed by atoms with Crippen LogP contribution in [0.5, 0.6) is 0 Å². The molecular weight excluding hydrogens is 214 g/mol. The third-order valence-corrected chi connectivity index (χ3v) is 2.31. The third kappa shape index (κ3) is 3.58. The molecule has 1 unspecified atom stereocenters. The minimum atomic E-state index is -0.914. The molecule has 3 nitrogen and oxygen atoms in total. The Bertz CT molecular complexity index is 382.